The molecule has 90 valence electrons. The topological polar surface area (TPSA) is 44.4 Å². The number of carbonyl (C=O) groups excluding carboxylic acids is 1. The average Bonchev–Trinajstić information content (AvgIpc) is 2.89. The number of hydrogen-bond acceptors (Lipinski definition) is 2. The summed E-state index contributed by atoms with van der Waals surface area (Å²) in [5.74, 6) is 0. The van der Waals surface area contributed by atoms with E-state index in [1.165, 1.54) is 38.5 Å². The van der Waals surface area contributed by atoms with Gasteiger partial charge in [-0.3, -0.25) is 0 Å². The summed E-state index contributed by atoms with van der Waals surface area (Å²) in [6.07, 6.45) is 7.40. The Hall–Kier alpha value is -0.770. The highest BCUT2D eigenvalue weighted by molar-refractivity contribution is 5.77. The first-order valence-corrected chi connectivity index (χ1v) is 6.65. The van der Waals surface area contributed by atoms with Crippen LogP contribution in [0.3, 0.4) is 0 Å². The lowest BCUT2D eigenvalue weighted by Crippen LogP contribution is -2.44. The van der Waals surface area contributed by atoms with Crippen LogP contribution in [0.1, 0.15) is 38.5 Å². The van der Waals surface area contributed by atoms with Crippen molar-refractivity contribution in [3.05, 3.63) is 0 Å². The lowest BCUT2D eigenvalue weighted by molar-refractivity contribution is 0.183. The number of amides is 2. The second-order valence-corrected chi connectivity index (χ2v) is 5.35. The van der Waals surface area contributed by atoms with E-state index in [1.807, 2.05) is 0 Å². The molecule has 0 aromatic heterocycles. The molecule has 0 aromatic carbocycles. The van der Waals surface area contributed by atoms with Gasteiger partial charge >= 0.3 is 6.03 Å². The van der Waals surface area contributed by atoms with Gasteiger partial charge in [0, 0.05) is 12.6 Å². The first kappa shape index (κ1) is 10.4. The molecule has 2 N–H and O–H groups in total. The molecule has 3 aliphatic rings. The third kappa shape index (κ3) is 1.79. The molecule has 3 unspecified atom stereocenters. The third-order valence-electron chi connectivity index (χ3n) is 4.28. The van der Waals surface area contributed by atoms with Crippen LogP contribution in [0.25, 0.3) is 0 Å². The largest absolute Gasteiger partial charge is 0.333 e. The predicted octanol–water partition coefficient (Wildman–Crippen LogP) is 1.07. The molecule has 2 heterocycles. The number of fused-ring (bicyclic) bond motifs is 1. The molecule has 1 aliphatic carbocycles. The zero-order valence-electron chi connectivity index (χ0n) is 9.74. The molecule has 0 bridgehead atoms. The number of hydrogen-bond donors (Lipinski definition) is 2. The van der Waals surface area contributed by atoms with Crippen LogP contribution >= 0.6 is 0 Å². The zero-order chi connectivity index (χ0) is 11.0. The van der Waals surface area contributed by atoms with E-state index in [0.717, 1.165) is 13.1 Å². The molecule has 16 heavy (non-hydrogen) atoms. The summed E-state index contributed by atoms with van der Waals surface area (Å²) in [6, 6.07) is 1.61. The monoisotopic (exact) mass is 223 g/mol. The Bertz CT molecular complexity index is 275. The molecule has 0 aromatic rings. The van der Waals surface area contributed by atoms with Gasteiger partial charge in [-0.1, -0.05) is 12.8 Å². The summed E-state index contributed by atoms with van der Waals surface area (Å²) in [6.45, 7) is 2.03. The molecule has 0 spiro atoms. The number of nitrogens with zero attached hydrogens (tertiary/aromatic N) is 1. The molecule has 3 fully saturated rings. The van der Waals surface area contributed by atoms with Crippen LogP contribution in [0.2, 0.25) is 0 Å². The predicted molar refractivity (Wildman–Crippen MR) is 62.3 cm³/mol. The van der Waals surface area contributed by atoms with Gasteiger partial charge in [0.05, 0.1) is 12.1 Å². The SMILES string of the molecule is O=C1NC2CCCCC2N1CC1CCCN1. The minimum atomic E-state index is 0.172. The van der Waals surface area contributed by atoms with Gasteiger partial charge in [-0.05, 0) is 32.2 Å². The minimum absolute atomic E-state index is 0.172. The second-order valence-electron chi connectivity index (χ2n) is 5.35. The molecular formula is C12H21N3O. The fraction of sp³-hybridized carbons (Fsp3) is 0.917. The highest BCUT2D eigenvalue weighted by Crippen LogP contribution is 2.28. The molecular weight excluding hydrogens is 202 g/mol. The number of urea groups is 1. The summed E-state index contributed by atoms with van der Waals surface area (Å²) in [5.41, 5.74) is 0. The zero-order valence-corrected chi connectivity index (χ0v) is 9.74. The smallest absolute Gasteiger partial charge is 0.318 e. The van der Waals surface area contributed by atoms with E-state index >= 15 is 0 Å². The van der Waals surface area contributed by atoms with Crippen LogP contribution in [0.4, 0.5) is 4.79 Å². The van der Waals surface area contributed by atoms with Crippen molar-refractivity contribution in [3.8, 4) is 0 Å². The van der Waals surface area contributed by atoms with Crippen molar-refractivity contribution in [2.45, 2.75) is 56.7 Å². The first-order chi connectivity index (χ1) is 7.84. The third-order valence-corrected chi connectivity index (χ3v) is 4.28. The maximum Gasteiger partial charge on any atom is 0.318 e. The number of rotatable bonds is 2. The minimum Gasteiger partial charge on any atom is -0.333 e. The van der Waals surface area contributed by atoms with Crippen LogP contribution in [0.15, 0.2) is 0 Å². The van der Waals surface area contributed by atoms with Crippen molar-refractivity contribution in [1.82, 2.24) is 15.5 Å². The molecule has 4 nitrogen and oxygen atoms in total. The Kier molecular flexibility index (Phi) is 2.75. The molecule has 1 saturated carbocycles. The maximum atomic E-state index is 11.9. The Morgan fingerprint density at radius 1 is 1.19 bits per heavy atom. The molecule has 4 heteroatoms. The van der Waals surface area contributed by atoms with Crippen molar-refractivity contribution in [1.29, 1.82) is 0 Å². The van der Waals surface area contributed by atoms with Gasteiger partial charge in [-0.15, -0.1) is 0 Å². The van der Waals surface area contributed by atoms with Gasteiger partial charge in [0.15, 0.2) is 0 Å². The van der Waals surface area contributed by atoms with Crippen LogP contribution in [-0.4, -0.2) is 42.1 Å². The Balaban J connectivity index is 1.65. The Morgan fingerprint density at radius 2 is 2.06 bits per heavy atom. The van der Waals surface area contributed by atoms with Gasteiger partial charge in [0.25, 0.3) is 0 Å². The van der Waals surface area contributed by atoms with E-state index < -0.39 is 0 Å². The molecule has 2 aliphatic heterocycles. The normalized spacial score (nSPS) is 38.6. The van der Waals surface area contributed by atoms with Gasteiger partial charge < -0.3 is 15.5 Å². The Labute approximate surface area is 96.8 Å². The van der Waals surface area contributed by atoms with E-state index in [-0.39, 0.29) is 6.03 Å². The van der Waals surface area contributed by atoms with Gasteiger partial charge in [-0.25, -0.2) is 4.79 Å². The second kappa shape index (κ2) is 4.24. The molecule has 2 saturated heterocycles. The molecule has 0 radical (unpaired) electrons. The van der Waals surface area contributed by atoms with E-state index in [1.54, 1.807) is 0 Å². The van der Waals surface area contributed by atoms with Crippen molar-refractivity contribution in [2.75, 3.05) is 13.1 Å². The van der Waals surface area contributed by atoms with Crippen LogP contribution in [0, 0.1) is 0 Å². The molecule has 3 rings (SSSR count). The number of nitrogens with one attached hydrogen (secondary N) is 2. The highest BCUT2D eigenvalue weighted by Gasteiger charge is 2.41. The first-order valence-electron chi connectivity index (χ1n) is 6.65. The quantitative estimate of drug-likeness (QED) is 0.735. The van der Waals surface area contributed by atoms with E-state index in [0.29, 0.717) is 18.1 Å². The van der Waals surface area contributed by atoms with E-state index in [9.17, 15) is 4.79 Å². The summed E-state index contributed by atoms with van der Waals surface area (Å²) >= 11 is 0. The summed E-state index contributed by atoms with van der Waals surface area (Å²) in [5, 5.41) is 6.62. The molecule has 3 atom stereocenters. The lowest BCUT2D eigenvalue weighted by atomic mass is 9.91. The van der Waals surface area contributed by atoms with Gasteiger partial charge in [0.2, 0.25) is 0 Å². The maximum absolute atomic E-state index is 11.9. The number of carbonyl (C=O) groups is 1. The van der Waals surface area contributed by atoms with Crippen molar-refractivity contribution in [3.63, 3.8) is 0 Å². The van der Waals surface area contributed by atoms with Crippen molar-refractivity contribution < 1.29 is 4.79 Å². The fourth-order valence-electron chi connectivity index (χ4n) is 3.41. The van der Waals surface area contributed by atoms with Crippen molar-refractivity contribution >= 4 is 6.03 Å². The van der Waals surface area contributed by atoms with Crippen LogP contribution in [-0.2, 0) is 0 Å². The summed E-state index contributed by atoms with van der Waals surface area (Å²) in [4.78, 5) is 14.0. The molecule has 2 amide bonds. The fourth-order valence-corrected chi connectivity index (χ4v) is 3.41. The van der Waals surface area contributed by atoms with Crippen LogP contribution in [0.5, 0.6) is 0 Å². The Morgan fingerprint density at radius 3 is 2.88 bits per heavy atom. The van der Waals surface area contributed by atoms with Crippen LogP contribution < -0.4 is 10.6 Å². The summed E-state index contributed by atoms with van der Waals surface area (Å²) in [7, 11) is 0. The van der Waals surface area contributed by atoms with Gasteiger partial charge in [0.1, 0.15) is 0 Å². The lowest BCUT2D eigenvalue weighted by Gasteiger charge is -2.31. The average molecular weight is 223 g/mol. The van der Waals surface area contributed by atoms with Crippen molar-refractivity contribution in [2.24, 2.45) is 0 Å². The van der Waals surface area contributed by atoms with Gasteiger partial charge in [-0.2, -0.15) is 0 Å². The summed E-state index contributed by atoms with van der Waals surface area (Å²) < 4.78 is 0. The highest BCUT2D eigenvalue weighted by atomic mass is 16.2. The standard InChI is InChI=1S/C12H21N3O/c16-12-14-10-5-1-2-6-11(10)15(12)8-9-4-3-7-13-9/h9-11,13H,1-8H2,(H,14,16). The van der Waals surface area contributed by atoms with E-state index in [2.05, 4.69) is 15.5 Å². The van der Waals surface area contributed by atoms with E-state index in [4.69, 9.17) is 0 Å².